The normalized spacial score (nSPS) is 12.8. The van der Waals surface area contributed by atoms with Crippen molar-refractivity contribution in [3.63, 3.8) is 0 Å². The molecule has 3 nitrogen and oxygen atoms in total. The molecule has 1 aliphatic rings. The summed E-state index contributed by atoms with van der Waals surface area (Å²) in [7, 11) is 0. The molecule has 280 valence electrons. The predicted octanol–water partition coefficient (Wildman–Crippen LogP) is 14.1. The standard InChI is InChI=1S/C57H37N3/c1-4-16-41(17-5-1)56-59-51-26-14-15-27-52(51)60(56)44-34-32-39(33-35-44)38-28-30-40(31-29-38)55-47-36-37-49-54(53(47)46-23-11-13-25-50(46)58-55)45-22-10-12-24-48(45)57(49,42-18-6-2-7-19-42)43-20-8-3-9-21-43/h1-37H. The SMILES string of the molecule is c1ccc(-c2nc3ccccc3n2-c2ccc(-c3ccc(-c4nc5ccccc5c5c6c(ccc45)C(c4ccccc4)(c4ccccc4)c4ccccc4-6)cc3)cc2)cc1. The van der Waals surface area contributed by atoms with E-state index in [9.17, 15) is 0 Å². The summed E-state index contributed by atoms with van der Waals surface area (Å²) in [5, 5.41) is 3.56. The molecule has 9 aromatic carbocycles. The quantitative estimate of drug-likeness (QED) is 0.158. The summed E-state index contributed by atoms with van der Waals surface area (Å²) in [4.78, 5) is 10.4. The lowest BCUT2D eigenvalue weighted by Gasteiger charge is -2.34. The van der Waals surface area contributed by atoms with E-state index in [1.54, 1.807) is 0 Å². The Morgan fingerprint density at radius 1 is 0.367 bits per heavy atom. The van der Waals surface area contributed by atoms with Gasteiger partial charge in [0.15, 0.2) is 0 Å². The van der Waals surface area contributed by atoms with E-state index in [1.165, 1.54) is 38.8 Å². The molecule has 1 aliphatic carbocycles. The minimum Gasteiger partial charge on any atom is -0.292 e. The van der Waals surface area contributed by atoms with Gasteiger partial charge >= 0.3 is 0 Å². The fourth-order valence-electron chi connectivity index (χ4n) is 9.89. The molecule has 0 radical (unpaired) electrons. The van der Waals surface area contributed by atoms with Crippen LogP contribution in [0.1, 0.15) is 22.3 Å². The second-order valence-electron chi connectivity index (χ2n) is 15.7. The molecule has 2 aromatic heterocycles. The third kappa shape index (κ3) is 5.09. The molecule has 0 saturated heterocycles. The van der Waals surface area contributed by atoms with E-state index >= 15 is 0 Å². The van der Waals surface area contributed by atoms with Crippen LogP contribution in [-0.4, -0.2) is 14.5 Å². The van der Waals surface area contributed by atoms with Crippen molar-refractivity contribution < 1.29 is 0 Å². The van der Waals surface area contributed by atoms with Gasteiger partial charge in [-0.05, 0) is 74.8 Å². The topological polar surface area (TPSA) is 30.7 Å². The van der Waals surface area contributed by atoms with Crippen LogP contribution in [0.15, 0.2) is 224 Å². The molecule has 0 fully saturated rings. The van der Waals surface area contributed by atoms with Gasteiger partial charge in [0.2, 0.25) is 0 Å². The van der Waals surface area contributed by atoms with Gasteiger partial charge in [0.25, 0.3) is 0 Å². The summed E-state index contributed by atoms with van der Waals surface area (Å²) in [6, 6.07) is 80.9. The number of hydrogen-bond acceptors (Lipinski definition) is 2. The number of imidazole rings is 1. The van der Waals surface area contributed by atoms with Gasteiger partial charge in [0, 0.05) is 33.0 Å². The van der Waals surface area contributed by atoms with E-state index in [-0.39, 0.29) is 0 Å². The highest BCUT2D eigenvalue weighted by molar-refractivity contribution is 6.19. The third-order valence-corrected chi connectivity index (χ3v) is 12.5. The molecular formula is C57H37N3. The van der Waals surface area contributed by atoms with Gasteiger partial charge in [-0.3, -0.25) is 4.57 Å². The average Bonchev–Trinajstić information content (AvgIpc) is 3.87. The molecule has 12 rings (SSSR count). The van der Waals surface area contributed by atoms with E-state index in [4.69, 9.17) is 9.97 Å². The number of benzene rings is 9. The Labute approximate surface area is 348 Å². The van der Waals surface area contributed by atoms with Gasteiger partial charge < -0.3 is 0 Å². The Hall–Kier alpha value is -7.88. The smallest absolute Gasteiger partial charge is 0.145 e. The summed E-state index contributed by atoms with van der Waals surface area (Å²) in [6.07, 6.45) is 0. The Kier molecular flexibility index (Phi) is 7.76. The maximum Gasteiger partial charge on any atom is 0.145 e. The molecule has 3 heteroatoms. The summed E-state index contributed by atoms with van der Waals surface area (Å²) in [5.41, 5.74) is 16.8. The predicted molar refractivity (Wildman–Crippen MR) is 247 cm³/mol. The number of fused-ring (bicyclic) bond motifs is 8. The van der Waals surface area contributed by atoms with Gasteiger partial charge in [0.05, 0.1) is 27.7 Å². The lowest BCUT2D eigenvalue weighted by molar-refractivity contribution is 0.769. The van der Waals surface area contributed by atoms with Crippen molar-refractivity contribution in [3.8, 4) is 50.6 Å². The Morgan fingerprint density at radius 3 is 1.65 bits per heavy atom. The first-order valence-electron chi connectivity index (χ1n) is 20.6. The average molecular weight is 764 g/mol. The molecule has 11 aromatic rings. The zero-order valence-corrected chi connectivity index (χ0v) is 32.7. The maximum absolute atomic E-state index is 5.40. The molecule has 0 bridgehead atoms. The molecular weight excluding hydrogens is 727 g/mol. The second-order valence-corrected chi connectivity index (χ2v) is 15.7. The molecule has 0 saturated carbocycles. The lowest BCUT2D eigenvalue weighted by atomic mass is 9.67. The minimum absolute atomic E-state index is 0.474. The number of hydrogen-bond donors (Lipinski definition) is 0. The zero-order valence-electron chi connectivity index (χ0n) is 32.7. The molecule has 0 unspecified atom stereocenters. The number of para-hydroxylation sites is 3. The number of aromatic nitrogens is 3. The van der Waals surface area contributed by atoms with Crippen LogP contribution in [0.5, 0.6) is 0 Å². The van der Waals surface area contributed by atoms with Gasteiger partial charge in [-0.25, -0.2) is 9.97 Å². The molecule has 0 amide bonds. The molecule has 0 spiro atoms. The van der Waals surface area contributed by atoms with Crippen LogP contribution in [0, 0.1) is 0 Å². The second kappa shape index (κ2) is 13.6. The van der Waals surface area contributed by atoms with Crippen LogP contribution >= 0.6 is 0 Å². The van der Waals surface area contributed by atoms with Crippen molar-refractivity contribution >= 4 is 32.7 Å². The molecule has 2 heterocycles. The van der Waals surface area contributed by atoms with Gasteiger partial charge in [-0.2, -0.15) is 0 Å². The van der Waals surface area contributed by atoms with Crippen molar-refractivity contribution in [1.29, 1.82) is 0 Å². The molecule has 60 heavy (non-hydrogen) atoms. The van der Waals surface area contributed by atoms with Crippen molar-refractivity contribution in [1.82, 2.24) is 14.5 Å². The zero-order chi connectivity index (χ0) is 39.6. The van der Waals surface area contributed by atoms with Crippen molar-refractivity contribution in [3.05, 3.63) is 247 Å². The Bertz CT molecular complexity index is 3350. The lowest BCUT2D eigenvalue weighted by Crippen LogP contribution is -2.28. The molecule has 0 atom stereocenters. The van der Waals surface area contributed by atoms with Crippen LogP contribution in [0.3, 0.4) is 0 Å². The summed E-state index contributed by atoms with van der Waals surface area (Å²) in [6.45, 7) is 0. The van der Waals surface area contributed by atoms with Crippen LogP contribution in [0.25, 0.3) is 83.3 Å². The first-order valence-corrected chi connectivity index (χ1v) is 20.6. The summed E-state index contributed by atoms with van der Waals surface area (Å²) >= 11 is 0. The summed E-state index contributed by atoms with van der Waals surface area (Å²) < 4.78 is 2.26. The van der Waals surface area contributed by atoms with Crippen molar-refractivity contribution in [2.45, 2.75) is 5.41 Å². The van der Waals surface area contributed by atoms with E-state index in [0.717, 1.165) is 66.8 Å². The third-order valence-electron chi connectivity index (χ3n) is 12.5. The van der Waals surface area contributed by atoms with E-state index in [0.29, 0.717) is 0 Å². The van der Waals surface area contributed by atoms with Crippen LogP contribution in [0.2, 0.25) is 0 Å². The minimum atomic E-state index is -0.474. The van der Waals surface area contributed by atoms with Crippen LogP contribution in [0.4, 0.5) is 0 Å². The highest BCUT2D eigenvalue weighted by atomic mass is 15.1. The highest BCUT2D eigenvalue weighted by Gasteiger charge is 2.46. The molecule has 0 N–H and O–H groups in total. The van der Waals surface area contributed by atoms with E-state index in [2.05, 4.69) is 217 Å². The van der Waals surface area contributed by atoms with Crippen molar-refractivity contribution in [2.75, 3.05) is 0 Å². The van der Waals surface area contributed by atoms with Gasteiger partial charge in [-0.1, -0.05) is 194 Å². The van der Waals surface area contributed by atoms with Gasteiger partial charge in [0.1, 0.15) is 5.82 Å². The summed E-state index contributed by atoms with van der Waals surface area (Å²) in [5.74, 6) is 0.934. The fraction of sp³-hybridized carbons (Fsp3) is 0.0175. The number of nitrogens with zero attached hydrogens (tertiary/aromatic N) is 3. The fourth-order valence-corrected chi connectivity index (χ4v) is 9.89. The van der Waals surface area contributed by atoms with Crippen LogP contribution in [-0.2, 0) is 5.41 Å². The Morgan fingerprint density at radius 2 is 0.933 bits per heavy atom. The largest absolute Gasteiger partial charge is 0.292 e. The molecule has 0 aliphatic heterocycles. The highest BCUT2D eigenvalue weighted by Crippen LogP contribution is 2.58. The number of pyridine rings is 1. The Balaban J connectivity index is 0.997. The monoisotopic (exact) mass is 763 g/mol. The van der Waals surface area contributed by atoms with Crippen LogP contribution < -0.4 is 0 Å². The van der Waals surface area contributed by atoms with E-state index < -0.39 is 5.41 Å². The van der Waals surface area contributed by atoms with Crippen molar-refractivity contribution in [2.24, 2.45) is 0 Å². The first-order chi connectivity index (χ1) is 29.8. The number of rotatable bonds is 6. The maximum atomic E-state index is 5.40. The van der Waals surface area contributed by atoms with E-state index in [1.807, 2.05) is 12.1 Å². The first kappa shape index (κ1) is 34.2. The van der Waals surface area contributed by atoms with Gasteiger partial charge in [-0.15, -0.1) is 0 Å².